The van der Waals surface area contributed by atoms with Gasteiger partial charge in [-0.05, 0) is 18.4 Å². The lowest BCUT2D eigenvalue weighted by Crippen LogP contribution is -2.20. The van der Waals surface area contributed by atoms with E-state index in [0.29, 0.717) is 6.61 Å². The average Bonchev–Trinajstić information content (AvgIpc) is 2.29. The second-order valence-electron chi connectivity index (χ2n) is 4.32. The van der Waals surface area contributed by atoms with Crippen molar-refractivity contribution in [2.45, 2.75) is 26.7 Å². The first-order chi connectivity index (χ1) is 8.47. The van der Waals surface area contributed by atoms with Crippen molar-refractivity contribution < 1.29 is 14.5 Å². The quantitative estimate of drug-likeness (QED) is 0.458. The maximum atomic E-state index is 11.8. The molecule has 5 nitrogen and oxygen atoms in total. The number of nitro groups is 1. The molecule has 0 heterocycles. The van der Waals surface area contributed by atoms with Crippen molar-refractivity contribution in [2.24, 2.45) is 5.92 Å². The normalized spacial score (nSPS) is 12.2. The number of nitro benzene ring substituents is 1. The molecule has 0 N–H and O–H groups in total. The van der Waals surface area contributed by atoms with Crippen molar-refractivity contribution >= 4 is 11.7 Å². The van der Waals surface area contributed by atoms with Crippen LogP contribution in [0.5, 0.6) is 0 Å². The van der Waals surface area contributed by atoms with E-state index in [4.69, 9.17) is 4.74 Å². The van der Waals surface area contributed by atoms with Gasteiger partial charge in [0.05, 0.1) is 17.4 Å². The minimum atomic E-state index is -0.460. The number of esters is 1. The molecule has 1 unspecified atom stereocenters. The molecular weight excluding hydrogens is 234 g/mol. The fourth-order valence-corrected chi connectivity index (χ4v) is 1.83. The number of benzene rings is 1. The summed E-state index contributed by atoms with van der Waals surface area (Å²) in [4.78, 5) is 22.0. The van der Waals surface area contributed by atoms with Crippen LogP contribution < -0.4 is 0 Å². The molecule has 1 aromatic rings. The summed E-state index contributed by atoms with van der Waals surface area (Å²) < 4.78 is 5.02. The maximum Gasteiger partial charge on any atom is 0.313 e. The zero-order chi connectivity index (χ0) is 13.7. The molecule has 0 aromatic heterocycles. The van der Waals surface area contributed by atoms with Crippen molar-refractivity contribution in [1.29, 1.82) is 0 Å². The molecule has 0 fully saturated rings. The van der Waals surface area contributed by atoms with Crippen molar-refractivity contribution in [3.63, 3.8) is 0 Å². The van der Waals surface area contributed by atoms with Crippen LogP contribution in [-0.2, 0) is 9.53 Å². The second-order valence-corrected chi connectivity index (χ2v) is 4.32. The van der Waals surface area contributed by atoms with Crippen molar-refractivity contribution in [2.75, 3.05) is 6.61 Å². The van der Waals surface area contributed by atoms with Gasteiger partial charge in [-0.1, -0.05) is 26.0 Å². The van der Waals surface area contributed by atoms with E-state index in [1.165, 1.54) is 12.1 Å². The number of nitrogens with zero attached hydrogens (tertiary/aromatic N) is 1. The van der Waals surface area contributed by atoms with Crippen molar-refractivity contribution in [1.82, 2.24) is 0 Å². The van der Waals surface area contributed by atoms with E-state index in [9.17, 15) is 14.9 Å². The Morgan fingerprint density at radius 3 is 2.28 bits per heavy atom. The van der Waals surface area contributed by atoms with Gasteiger partial charge in [0.15, 0.2) is 0 Å². The Morgan fingerprint density at radius 1 is 1.33 bits per heavy atom. The summed E-state index contributed by atoms with van der Waals surface area (Å²) in [6.07, 6.45) is 0. The molecular formula is C13H17NO4. The molecule has 0 bridgehead atoms. The lowest BCUT2D eigenvalue weighted by molar-refractivity contribution is -0.384. The van der Waals surface area contributed by atoms with E-state index in [0.717, 1.165) is 5.56 Å². The SMILES string of the molecule is CCOC(=O)C(c1ccc([N+](=O)[O-])cc1)C(C)C. The fourth-order valence-electron chi connectivity index (χ4n) is 1.83. The first-order valence-electron chi connectivity index (χ1n) is 5.88. The van der Waals surface area contributed by atoms with Crippen LogP contribution in [0, 0.1) is 16.0 Å². The molecule has 98 valence electrons. The highest BCUT2D eigenvalue weighted by Crippen LogP contribution is 2.27. The Bertz CT molecular complexity index is 425. The summed E-state index contributed by atoms with van der Waals surface area (Å²) in [5.41, 5.74) is 0.763. The molecule has 0 saturated heterocycles. The monoisotopic (exact) mass is 251 g/mol. The molecule has 18 heavy (non-hydrogen) atoms. The number of hydrogen-bond acceptors (Lipinski definition) is 4. The van der Waals surface area contributed by atoms with Crippen LogP contribution in [0.2, 0.25) is 0 Å². The number of rotatable bonds is 5. The number of carbonyl (C=O) groups is 1. The van der Waals surface area contributed by atoms with E-state index in [2.05, 4.69) is 0 Å². The molecule has 5 heteroatoms. The van der Waals surface area contributed by atoms with Gasteiger partial charge in [0.25, 0.3) is 5.69 Å². The zero-order valence-electron chi connectivity index (χ0n) is 10.8. The third kappa shape index (κ3) is 3.29. The molecule has 0 aliphatic rings. The molecule has 0 spiro atoms. The first kappa shape index (κ1) is 14.2. The average molecular weight is 251 g/mol. The minimum absolute atomic E-state index is 0.0186. The summed E-state index contributed by atoms with van der Waals surface area (Å²) in [6, 6.07) is 6.04. The minimum Gasteiger partial charge on any atom is -0.466 e. The van der Waals surface area contributed by atoms with Crippen LogP contribution in [0.1, 0.15) is 32.3 Å². The van der Waals surface area contributed by atoms with Gasteiger partial charge in [0.2, 0.25) is 0 Å². The zero-order valence-corrected chi connectivity index (χ0v) is 10.8. The molecule has 1 atom stereocenters. The van der Waals surface area contributed by atoms with Gasteiger partial charge in [-0.3, -0.25) is 14.9 Å². The molecule has 0 saturated carbocycles. The highest BCUT2D eigenvalue weighted by molar-refractivity contribution is 5.78. The molecule has 0 radical (unpaired) electrons. The molecule has 0 amide bonds. The van der Waals surface area contributed by atoms with E-state index in [1.54, 1.807) is 19.1 Å². The van der Waals surface area contributed by atoms with Crippen LogP contribution in [0.15, 0.2) is 24.3 Å². The second kappa shape index (κ2) is 6.14. The third-order valence-electron chi connectivity index (χ3n) is 2.67. The first-order valence-corrected chi connectivity index (χ1v) is 5.88. The van der Waals surface area contributed by atoms with Crippen LogP contribution in [0.25, 0.3) is 0 Å². The Balaban J connectivity index is 2.99. The van der Waals surface area contributed by atoms with Gasteiger partial charge in [0.1, 0.15) is 0 Å². The Kier molecular flexibility index (Phi) is 4.83. The summed E-state index contributed by atoms with van der Waals surface area (Å²) in [6.45, 7) is 5.92. The fraction of sp³-hybridized carbons (Fsp3) is 0.462. The highest BCUT2D eigenvalue weighted by atomic mass is 16.6. The summed E-state index contributed by atoms with van der Waals surface area (Å²) in [5, 5.41) is 10.6. The van der Waals surface area contributed by atoms with Gasteiger partial charge in [-0.25, -0.2) is 0 Å². The molecule has 0 aliphatic heterocycles. The maximum absolute atomic E-state index is 11.8. The van der Waals surface area contributed by atoms with Crippen molar-refractivity contribution in [3.8, 4) is 0 Å². The van der Waals surface area contributed by atoms with Gasteiger partial charge >= 0.3 is 5.97 Å². The molecule has 0 aliphatic carbocycles. The Hall–Kier alpha value is -1.91. The number of hydrogen-bond donors (Lipinski definition) is 0. The van der Waals surface area contributed by atoms with Gasteiger partial charge < -0.3 is 4.74 Å². The van der Waals surface area contributed by atoms with Crippen molar-refractivity contribution in [3.05, 3.63) is 39.9 Å². The van der Waals surface area contributed by atoms with Crippen LogP contribution in [-0.4, -0.2) is 17.5 Å². The van der Waals surface area contributed by atoms with E-state index in [-0.39, 0.29) is 23.5 Å². The molecule has 1 rings (SSSR count). The summed E-state index contributed by atoms with van der Waals surface area (Å²) >= 11 is 0. The van der Waals surface area contributed by atoms with E-state index < -0.39 is 4.92 Å². The number of ether oxygens (including phenoxy) is 1. The highest BCUT2D eigenvalue weighted by Gasteiger charge is 2.25. The van der Waals surface area contributed by atoms with E-state index >= 15 is 0 Å². The predicted octanol–water partition coefficient (Wildman–Crippen LogP) is 2.90. The lowest BCUT2D eigenvalue weighted by Gasteiger charge is -2.19. The van der Waals surface area contributed by atoms with E-state index in [1.807, 2.05) is 13.8 Å². The van der Waals surface area contributed by atoms with Gasteiger partial charge in [-0.2, -0.15) is 0 Å². The summed E-state index contributed by atoms with van der Waals surface area (Å²) in [7, 11) is 0. The van der Waals surface area contributed by atoms with Crippen LogP contribution in [0.3, 0.4) is 0 Å². The number of carbonyl (C=O) groups excluding carboxylic acids is 1. The molecule has 1 aromatic carbocycles. The summed E-state index contributed by atoms with van der Waals surface area (Å²) in [5.74, 6) is -0.599. The topological polar surface area (TPSA) is 69.4 Å². The van der Waals surface area contributed by atoms with Gasteiger partial charge in [-0.15, -0.1) is 0 Å². The Labute approximate surface area is 106 Å². The van der Waals surface area contributed by atoms with Crippen LogP contribution >= 0.6 is 0 Å². The van der Waals surface area contributed by atoms with Crippen LogP contribution in [0.4, 0.5) is 5.69 Å². The number of non-ortho nitro benzene ring substituents is 1. The predicted molar refractivity (Wildman–Crippen MR) is 67.3 cm³/mol. The standard InChI is InChI=1S/C13H17NO4/c1-4-18-13(15)12(9(2)3)10-5-7-11(8-6-10)14(16)17/h5-9,12H,4H2,1-3H3. The lowest BCUT2D eigenvalue weighted by atomic mass is 9.88. The smallest absolute Gasteiger partial charge is 0.313 e. The Morgan fingerprint density at radius 2 is 1.89 bits per heavy atom. The largest absolute Gasteiger partial charge is 0.466 e. The third-order valence-corrected chi connectivity index (χ3v) is 2.67. The van der Waals surface area contributed by atoms with Gasteiger partial charge in [0, 0.05) is 12.1 Å².